The van der Waals surface area contributed by atoms with Crippen molar-refractivity contribution in [3.8, 4) is 0 Å². The standard InChI is InChI=1S/C9H18ClNO2/c1-3-9(2,5-7-12)11-8(13)4-6-10/h12H,3-7H2,1-2H3,(H,11,13). The average Bonchev–Trinajstić information content (AvgIpc) is 2.05. The van der Waals surface area contributed by atoms with Crippen molar-refractivity contribution >= 4 is 17.5 Å². The van der Waals surface area contributed by atoms with Crippen molar-refractivity contribution in [1.29, 1.82) is 0 Å². The number of halogens is 1. The minimum atomic E-state index is -0.294. The van der Waals surface area contributed by atoms with Gasteiger partial charge in [0.05, 0.1) is 0 Å². The van der Waals surface area contributed by atoms with Gasteiger partial charge in [-0.3, -0.25) is 4.79 Å². The van der Waals surface area contributed by atoms with Crippen molar-refractivity contribution < 1.29 is 9.90 Å². The molecule has 0 spiro atoms. The monoisotopic (exact) mass is 207 g/mol. The Morgan fingerprint density at radius 3 is 2.62 bits per heavy atom. The normalized spacial score (nSPS) is 15.1. The summed E-state index contributed by atoms with van der Waals surface area (Å²) in [6, 6.07) is 0. The van der Waals surface area contributed by atoms with Crippen LogP contribution in [0.4, 0.5) is 0 Å². The van der Waals surface area contributed by atoms with Gasteiger partial charge in [-0.25, -0.2) is 0 Å². The van der Waals surface area contributed by atoms with Gasteiger partial charge in [0.15, 0.2) is 0 Å². The fraction of sp³-hybridized carbons (Fsp3) is 0.889. The second-order valence-corrected chi connectivity index (χ2v) is 3.75. The van der Waals surface area contributed by atoms with Crippen LogP contribution < -0.4 is 5.32 Å². The van der Waals surface area contributed by atoms with Crippen LogP contribution >= 0.6 is 11.6 Å². The Kier molecular flexibility index (Phi) is 6.08. The molecule has 78 valence electrons. The number of amides is 1. The van der Waals surface area contributed by atoms with Crippen molar-refractivity contribution in [3.63, 3.8) is 0 Å². The quantitative estimate of drug-likeness (QED) is 0.645. The molecule has 2 N–H and O–H groups in total. The lowest BCUT2D eigenvalue weighted by atomic mass is 9.95. The molecule has 1 amide bonds. The van der Waals surface area contributed by atoms with Crippen LogP contribution in [0.15, 0.2) is 0 Å². The number of alkyl halides is 1. The van der Waals surface area contributed by atoms with Crippen molar-refractivity contribution in [2.75, 3.05) is 12.5 Å². The second-order valence-electron chi connectivity index (χ2n) is 3.37. The summed E-state index contributed by atoms with van der Waals surface area (Å²) in [7, 11) is 0. The van der Waals surface area contributed by atoms with Gasteiger partial charge in [0, 0.05) is 24.4 Å². The molecule has 0 aromatic carbocycles. The summed E-state index contributed by atoms with van der Waals surface area (Å²) in [5.74, 6) is 0.290. The first kappa shape index (κ1) is 12.7. The predicted octanol–water partition coefficient (Wildman–Crippen LogP) is 1.28. The van der Waals surface area contributed by atoms with Crippen LogP contribution in [0.2, 0.25) is 0 Å². The van der Waals surface area contributed by atoms with Gasteiger partial charge in [-0.15, -0.1) is 11.6 Å². The summed E-state index contributed by atoms with van der Waals surface area (Å²) in [4.78, 5) is 11.2. The maximum Gasteiger partial charge on any atom is 0.221 e. The van der Waals surface area contributed by atoms with Crippen LogP contribution in [0.25, 0.3) is 0 Å². The van der Waals surface area contributed by atoms with Crippen molar-refractivity contribution in [3.05, 3.63) is 0 Å². The van der Waals surface area contributed by atoms with E-state index in [0.29, 0.717) is 18.7 Å². The van der Waals surface area contributed by atoms with Gasteiger partial charge in [0.1, 0.15) is 0 Å². The Bertz CT molecular complexity index is 164. The molecule has 0 heterocycles. The maximum atomic E-state index is 11.2. The summed E-state index contributed by atoms with van der Waals surface area (Å²) in [6.07, 6.45) is 1.72. The van der Waals surface area contributed by atoms with Crippen LogP contribution in [-0.4, -0.2) is 29.0 Å². The van der Waals surface area contributed by atoms with E-state index in [1.54, 1.807) is 0 Å². The van der Waals surface area contributed by atoms with E-state index in [0.717, 1.165) is 6.42 Å². The molecule has 1 unspecified atom stereocenters. The third-order valence-corrected chi connectivity index (χ3v) is 2.40. The average molecular weight is 208 g/mol. The molecule has 13 heavy (non-hydrogen) atoms. The highest BCUT2D eigenvalue weighted by molar-refractivity contribution is 6.18. The van der Waals surface area contributed by atoms with Gasteiger partial charge in [0.2, 0.25) is 5.91 Å². The van der Waals surface area contributed by atoms with Gasteiger partial charge in [-0.05, 0) is 19.8 Å². The van der Waals surface area contributed by atoms with E-state index >= 15 is 0 Å². The minimum Gasteiger partial charge on any atom is -0.396 e. The Morgan fingerprint density at radius 2 is 2.23 bits per heavy atom. The first-order valence-electron chi connectivity index (χ1n) is 4.56. The number of rotatable bonds is 6. The smallest absolute Gasteiger partial charge is 0.221 e. The number of carbonyl (C=O) groups excluding carboxylic acids is 1. The van der Waals surface area contributed by atoms with Gasteiger partial charge in [0.25, 0.3) is 0 Å². The van der Waals surface area contributed by atoms with E-state index in [1.165, 1.54) is 0 Å². The first-order chi connectivity index (χ1) is 6.08. The zero-order chi connectivity index (χ0) is 10.3. The molecule has 0 saturated carbocycles. The topological polar surface area (TPSA) is 49.3 Å². The third kappa shape index (κ3) is 5.11. The number of aliphatic hydroxyl groups is 1. The zero-order valence-corrected chi connectivity index (χ0v) is 9.02. The fourth-order valence-electron chi connectivity index (χ4n) is 1.06. The van der Waals surface area contributed by atoms with E-state index in [4.69, 9.17) is 16.7 Å². The van der Waals surface area contributed by atoms with Gasteiger partial charge in [-0.2, -0.15) is 0 Å². The molecule has 0 fully saturated rings. The molecule has 0 rings (SSSR count). The highest BCUT2D eigenvalue weighted by Crippen LogP contribution is 2.13. The molecule has 0 aliphatic rings. The summed E-state index contributed by atoms with van der Waals surface area (Å²) < 4.78 is 0. The Balaban J connectivity index is 4.02. The number of carbonyl (C=O) groups is 1. The van der Waals surface area contributed by atoms with Gasteiger partial charge >= 0.3 is 0 Å². The van der Waals surface area contributed by atoms with E-state index in [1.807, 2.05) is 13.8 Å². The van der Waals surface area contributed by atoms with Crippen molar-refractivity contribution in [2.24, 2.45) is 0 Å². The molecule has 0 aliphatic carbocycles. The first-order valence-corrected chi connectivity index (χ1v) is 5.09. The number of hydrogen-bond donors (Lipinski definition) is 2. The summed E-state index contributed by atoms with van der Waals surface area (Å²) >= 11 is 5.44. The lowest BCUT2D eigenvalue weighted by Gasteiger charge is -2.28. The second kappa shape index (κ2) is 6.22. The predicted molar refractivity (Wildman–Crippen MR) is 53.9 cm³/mol. The van der Waals surface area contributed by atoms with Gasteiger partial charge in [-0.1, -0.05) is 6.92 Å². The molecular formula is C9H18ClNO2. The largest absolute Gasteiger partial charge is 0.396 e. The summed E-state index contributed by atoms with van der Waals surface area (Å²) in [6.45, 7) is 4.00. The van der Waals surface area contributed by atoms with E-state index in [9.17, 15) is 4.79 Å². The number of nitrogens with one attached hydrogen (secondary N) is 1. The van der Waals surface area contributed by atoms with Crippen molar-refractivity contribution in [2.45, 2.75) is 38.6 Å². The highest BCUT2D eigenvalue weighted by Gasteiger charge is 2.22. The molecule has 3 nitrogen and oxygen atoms in total. The van der Waals surface area contributed by atoms with Crippen LogP contribution in [-0.2, 0) is 4.79 Å². The molecule has 0 radical (unpaired) electrons. The van der Waals surface area contributed by atoms with E-state index in [2.05, 4.69) is 5.32 Å². The van der Waals surface area contributed by atoms with Crippen LogP contribution in [0.1, 0.15) is 33.1 Å². The number of aliphatic hydroxyl groups excluding tert-OH is 1. The lowest BCUT2D eigenvalue weighted by Crippen LogP contribution is -2.46. The molecule has 4 heteroatoms. The van der Waals surface area contributed by atoms with Gasteiger partial charge < -0.3 is 10.4 Å². The SMILES string of the molecule is CCC(C)(CCO)NC(=O)CCCl. The summed E-state index contributed by atoms with van der Waals surface area (Å²) in [5.41, 5.74) is -0.294. The zero-order valence-electron chi connectivity index (χ0n) is 8.27. The molecule has 0 aromatic heterocycles. The molecule has 1 atom stereocenters. The molecule has 0 bridgehead atoms. The van der Waals surface area contributed by atoms with Crippen LogP contribution in [0, 0.1) is 0 Å². The third-order valence-electron chi connectivity index (χ3n) is 2.21. The molecule has 0 aliphatic heterocycles. The van der Waals surface area contributed by atoms with E-state index in [-0.39, 0.29) is 18.1 Å². The maximum absolute atomic E-state index is 11.2. The Hall–Kier alpha value is -0.280. The molecule has 0 aromatic rings. The minimum absolute atomic E-state index is 0.0483. The fourth-order valence-corrected chi connectivity index (χ4v) is 1.23. The van der Waals surface area contributed by atoms with Crippen molar-refractivity contribution in [1.82, 2.24) is 5.32 Å². The molecular weight excluding hydrogens is 190 g/mol. The Morgan fingerprint density at radius 1 is 1.62 bits per heavy atom. The lowest BCUT2D eigenvalue weighted by molar-refractivity contribution is -0.122. The number of hydrogen-bond acceptors (Lipinski definition) is 2. The van der Waals surface area contributed by atoms with E-state index < -0.39 is 0 Å². The Labute approximate surface area is 84.5 Å². The van der Waals surface area contributed by atoms with Crippen LogP contribution in [0.3, 0.4) is 0 Å². The highest BCUT2D eigenvalue weighted by atomic mass is 35.5. The van der Waals surface area contributed by atoms with Crippen LogP contribution in [0.5, 0.6) is 0 Å². The summed E-state index contributed by atoms with van der Waals surface area (Å²) in [5, 5.41) is 11.7. The molecule has 0 saturated heterocycles.